The van der Waals surface area contributed by atoms with Crippen LogP contribution < -0.4 is 4.90 Å². The van der Waals surface area contributed by atoms with Crippen molar-refractivity contribution in [2.75, 3.05) is 18.0 Å². The summed E-state index contributed by atoms with van der Waals surface area (Å²) in [6.07, 6.45) is 8.18. The van der Waals surface area contributed by atoms with Crippen LogP contribution in [0.3, 0.4) is 0 Å². The van der Waals surface area contributed by atoms with Gasteiger partial charge in [-0.1, -0.05) is 36.4 Å². The van der Waals surface area contributed by atoms with Gasteiger partial charge in [0, 0.05) is 43.9 Å². The Bertz CT molecular complexity index is 1180. The number of fused-ring (bicyclic) bond motifs is 1. The summed E-state index contributed by atoms with van der Waals surface area (Å²) in [5.41, 5.74) is 5.92. The fourth-order valence-electron chi connectivity index (χ4n) is 3.96. The number of nitrogens with zero attached hydrogens (tertiary/aromatic N) is 5. The van der Waals surface area contributed by atoms with Crippen molar-refractivity contribution in [3.05, 3.63) is 96.6 Å². The Kier molecular flexibility index (Phi) is 12.0. The molecule has 0 unspecified atom stereocenters. The Labute approximate surface area is 229 Å². The van der Waals surface area contributed by atoms with Crippen molar-refractivity contribution in [2.45, 2.75) is 13.1 Å². The van der Waals surface area contributed by atoms with Gasteiger partial charge in [0.1, 0.15) is 5.69 Å². The van der Waals surface area contributed by atoms with E-state index in [1.165, 1.54) is 6.20 Å². The molecule has 0 aliphatic carbocycles. The Balaban J connectivity index is 0.00000153. The highest BCUT2D eigenvalue weighted by atomic mass is 35.5. The Morgan fingerprint density at radius 3 is 2.37 bits per heavy atom. The largest absolute Gasteiger partial charge is 0.364 e. The third kappa shape index (κ3) is 6.86. The molecule has 0 saturated carbocycles. The van der Waals surface area contributed by atoms with Gasteiger partial charge >= 0.3 is 0 Å². The minimum atomic E-state index is -0.104. The third-order valence-corrected chi connectivity index (χ3v) is 5.51. The maximum absolute atomic E-state index is 13.1. The van der Waals surface area contributed by atoms with Crippen LogP contribution in [0.2, 0.25) is 0 Å². The number of H-pyrrole nitrogens is 1. The van der Waals surface area contributed by atoms with Crippen LogP contribution in [0, 0.1) is 0 Å². The standard InChI is InChI=1S/C24H22N6O.4ClH/c31-24(22-14-25-8-9-27-22)30-11-10-29(16-21-13-26-17-28-21)23-7-6-19(12-20(23)15-30)18-4-2-1-3-5-18;;;;/h1-9,12-14,17H,10-11,15-16H2,(H,26,28);4*1H. The predicted molar refractivity (Wildman–Crippen MR) is 147 cm³/mol. The Morgan fingerprint density at radius 1 is 0.886 bits per heavy atom. The summed E-state index contributed by atoms with van der Waals surface area (Å²) < 4.78 is 0. The number of amides is 1. The fourth-order valence-corrected chi connectivity index (χ4v) is 3.96. The van der Waals surface area contributed by atoms with Gasteiger partial charge in [-0.05, 0) is 28.8 Å². The topological polar surface area (TPSA) is 78.0 Å². The summed E-state index contributed by atoms with van der Waals surface area (Å²) in [5, 5.41) is 0. The summed E-state index contributed by atoms with van der Waals surface area (Å²) in [6, 6.07) is 16.8. The molecule has 2 aromatic heterocycles. The van der Waals surface area contributed by atoms with Gasteiger partial charge in [0.05, 0.1) is 24.8 Å². The zero-order valence-electron chi connectivity index (χ0n) is 18.6. The van der Waals surface area contributed by atoms with Crippen LogP contribution in [0.1, 0.15) is 21.7 Å². The lowest BCUT2D eigenvalue weighted by atomic mass is 10.0. The number of carbonyl (C=O) groups excluding carboxylic acids is 1. The summed E-state index contributed by atoms with van der Waals surface area (Å²) >= 11 is 0. The second kappa shape index (κ2) is 13.9. The van der Waals surface area contributed by atoms with E-state index in [9.17, 15) is 4.79 Å². The predicted octanol–water partition coefficient (Wildman–Crippen LogP) is 5.22. The summed E-state index contributed by atoms with van der Waals surface area (Å²) in [5.74, 6) is -0.104. The molecule has 0 spiro atoms. The number of hydrogen-bond acceptors (Lipinski definition) is 5. The van der Waals surface area contributed by atoms with Crippen molar-refractivity contribution >= 4 is 61.2 Å². The van der Waals surface area contributed by atoms with Crippen molar-refractivity contribution in [2.24, 2.45) is 0 Å². The first-order chi connectivity index (χ1) is 15.3. The maximum Gasteiger partial charge on any atom is 0.274 e. The molecule has 0 atom stereocenters. The first-order valence-corrected chi connectivity index (χ1v) is 10.2. The quantitative estimate of drug-likeness (QED) is 0.373. The number of rotatable bonds is 4. The van der Waals surface area contributed by atoms with Gasteiger partial charge in [-0.3, -0.25) is 9.78 Å². The molecule has 4 aromatic rings. The number of anilines is 1. The average molecular weight is 556 g/mol. The SMILES string of the molecule is Cl.Cl.Cl.Cl.O=C(c1cnccn1)N1CCN(Cc2cnc[nH]2)c2ccc(-c3ccccc3)cc2C1. The molecule has 5 rings (SSSR count). The normalized spacial score (nSPS) is 12.0. The number of aromatic amines is 1. The molecule has 1 amide bonds. The molecule has 1 aliphatic rings. The summed E-state index contributed by atoms with van der Waals surface area (Å²) in [6.45, 7) is 2.53. The second-order valence-corrected chi connectivity index (χ2v) is 7.53. The van der Waals surface area contributed by atoms with Gasteiger partial charge in [0.2, 0.25) is 0 Å². The molecular weight excluding hydrogens is 530 g/mol. The first kappa shape index (κ1) is 30.2. The minimum absolute atomic E-state index is 0. The molecule has 0 radical (unpaired) electrons. The molecule has 11 heteroatoms. The molecule has 35 heavy (non-hydrogen) atoms. The van der Waals surface area contributed by atoms with Crippen molar-refractivity contribution < 1.29 is 4.79 Å². The van der Waals surface area contributed by atoms with Crippen molar-refractivity contribution in [3.63, 3.8) is 0 Å². The van der Waals surface area contributed by atoms with E-state index in [-0.39, 0.29) is 55.5 Å². The number of benzene rings is 2. The lowest BCUT2D eigenvalue weighted by Crippen LogP contribution is -2.35. The lowest BCUT2D eigenvalue weighted by Gasteiger charge is -2.24. The van der Waals surface area contributed by atoms with Crippen molar-refractivity contribution in [1.29, 1.82) is 0 Å². The molecule has 1 N–H and O–H groups in total. The average Bonchev–Trinajstić information content (AvgIpc) is 3.28. The van der Waals surface area contributed by atoms with E-state index in [1.807, 2.05) is 29.3 Å². The van der Waals surface area contributed by atoms with Gasteiger partial charge in [0.25, 0.3) is 5.91 Å². The van der Waals surface area contributed by atoms with Crippen molar-refractivity contribution in [3.8, 4) is 11.1 Å². The minimum Gasteiger partial charge on any atom is -0.364 e. The first-order valence-electron chi connectivity index (χ1n) is 10.2. The zero-order chi connectivity index (χ0) is 21.0. The Morgan fingerprint density at radius 2 is 1.69 bits per heavy atom. The van der Waals surface area contributed by atoms with Crippen LogP contribution in [0.25, 0.3) is 11.1 Å². The molecule has 2 aromatic carbocycles. The van der Waals surface area contributed by atoms with Gasteiger partial charge in [-0.25, -0.2) is 9.97 Å². The van der Waals surface area contributed by atoms with E-state index in [1.54, 1.807) is 18.7 Å². The van der Waals surface area contributed by atoms with Crippen LogP contribution in [0.15, 0.2) is 79.6 Å². The molecule has 0 fully saturated rings. The van der Waals surface area contributed by atoms with Crippen LogP contribution in [-0.2, 0) is 13.1 Å². The molecule has 0 saturated heterocycles. The fraction of sp³-hybridized carbons (Fsp3) is 0.167. The maximum atomic E-state index is 13.1. The van der Waals surface area contributed by atoms with Crippen LogP contribution >= 0.6 is 49.6 Å². The smallest absolute Gasteiger partial charge is 0.274 e. The highest BCUT2D eigenvalue weighted by Crippen LogP contribution is 2.31. The highest BCUT2D eigenvalue weighted by molar-refractivity contribution is 5.92. The molecule has 7 nitrogen and oxygen atoms in total. The molecule has 0 bridgehead atoms. The number of hydrogen-bond donors (Lipinski definition) is 1. The van der Waals surface area contributed by atoms with Crippen LogP contribution in [0.5, 0.6) is 0 Å². The third-order valence-electron chi connectivity index (χ3n) is 5.51. The number of aromatic nitrogens is 4. The highest BCUT2D eigenvalue weighted by Gasteiger charge is 2.25. The number of nitrogens with one attached hydrogen (secondary N) is 1. The summed E-state index contributed by atoms with van der Waals surface area (Å²) in [7, 11) is 0. The Hall–Kier alpha value is -2.84. The zero-order valence-corrected chi connectivity index (χ0v) is 21.9. The molecule has 3 heterocycles. The van der Waals surface area contributed by atoms with E-state index < -0.39 is 0 Å². The van der Waals surface area contributed by atoms with E-state index in [4.69, 9.17) is 0 Å². The monoisotopic (exact) mass is 554 g/mol. The number of halogens is 4. The van der Waals surface area contributed by atoms with Gasteiger partial charge < -0.3 is 14.8 Å². The van der Waals surface area contributed by atoms with E-state index in [0.717, 1.165) is 28.1 Å². The second-order valence-electron chi connectivity index (χ2n) is 7.53. The molecular formula is C24H26Cl4N6O. The van der Waals surface area contributed by atoms with Gasteiger partial charge in [0.15, 0.2) is 0 Å². The number of carbonyl (C=O) groups is 1. The van der Waals surface area contributed by atoms with E-state index >= 15 is 0 Å². The lowest BCUT2D eigenvalue weighted by molar-refractivity contribution is 0.0745. The van der Waals surface area contributed by atoms with Gasteiger partial charge in [-0.15, -0.1) is 49.6 Å². The molecule has 186 valence electrons. The van der Waals surface area contributed by atoms with Crippen molar-refractivity contribution in [1.82, 2.24) is 24.8 Å². The van der Waals surface area contributed by atoms with E-state index in [0.29, 0.717) is 31.9 Å². The van der Waals surface area contributed by atoms with Crippen LogP contribution in [0.4, 0.5) is 5.69 Å². The number of imidazole rings is 1. The van der Waals surface area contributed by atoms with Gasteiger partial charge in [-0.2, -0.15) is 0 Å². The van der Waals surface area contributed by atoms with Crippen LogP contribution in [-0.4, -0.2) is 43.8 Å². The summed E-state index contributed by atoms with van der Waals surface area (Å²) in [4.78, 5) is 32.9. The van der Waals surface area contributed by atoms with E-state index in [2.05, 4.69) is 55.2 Å². The molecule has 1 aliphatic heterocycles.